The van der Waals surface area contributed by atoms with Gasteiger partial charge in [-0.1, -0.05) is 29.3 Å². The van der Waals surface area contributed by atoms with Crippen molar-refractivity contribution in [1.82, 2.24) is 14.8 Å². The summed E-state index contributed by atoms with van der Waals surface area (Å²) in [6, 6.07) is 9.13. The number of aromatic nitrogens is 1. The second-order valence-electron chi connectivity index (χ2n) is 9.28. The Kier molecular flexibility index (Phi) is 9.06. The van der Waals surface area contributed by atoms with Crippen LogP contribution in [0, 0.1) is 5.92 Å². The highest BCUT2D eigenvalue weighted by Gasteiger charge is 2.32. The number of carbonyl (C=O) groups is 1. The number of piperidine rings is 2. The van der Waals surface area contributed by atoms with Crippen LogP contribution in [-0.2, 0) is 16.0 Å². The normalized spacial score (nSPS) is 19.6. The molecule has 1 atom stereocenters. The molecule has 1 unspecified atom stereocenters. The van der Waals surface area contributed by atoms with Crippen molar-refractivity contribution < 1.29 is 14.3 Å². The first kappa shape index (κ1) is 25.2. The number of esters is 1. The van der Waals surface area contributed by atoms with E-state index in [9.17, 15) is 4.79 Å². The summed E-state index contributed by atoms with van der Waals surface area (Å²) in [4.78, 5) is 21.5. The van der Waals surface area contributed by atoms with Crippen LogP contribution in [0.3, 0.4) is 0 Å². The van der Waals surface area contributed by atoms with E-state index in [0.717, 1.165) is 69.7 Å². The average Bonchev–Trinajstić information content (AvgIpc) is 2.87. The maximum atomic E-state index is 12.5. The molecular weight excluding hydrogens is 473 g/mol. The van der Waals surface area contributed by atoms with Crippen molar-refractivity contribution in [3.05, 3.63) is 58.3 Å². The highest BCUT2D eigenvalue weighted by Crippen LogP contribution is 2.29. The van der Waals surface area contributed by atoms with E-state index in [2.05, 4.69) is 14.8 Å². The molecule has 3 heterocycles. The van der Waals surface area contributed by atoms with E-state index in [4.69, 9.17) is 32.7 Å². The fraction of sp³-hybridized carbons (Fsp3) is 0.538. The van der Waals surface area contributed by atoms with Gasteiger partial charge in [-0.25, -0.2) is 0 Å². The van der Waals surface area contributed by atoms with Crippen molar-refractivity contribution >= 4 is 29.2 Å². The molecule has 1 aromatic carbocycles. The summed E-state index contributed by atoms with van der Waals surface area (Å²) in [5, 5.41) is 1.07. The van der Waals surface area contributed by atoms with Crippen molar-refractivity contribution in [3.63, 3.8) is 0 Å². The van der Waals surface area contributed by atoms with Crippen LogP contribution in [0.15, 0.2) is 42.7 Å². The number of halogens is 2. The topological polar surface area (TPSA) is 54.9 Å². The number of benzene rings is 1. The van der Waals surface area contributed by atoms with Crippen molar-refractivity contribution in [3.8, 4) is 5.75 Å². The Morgan fingerprint density at radius 2 is 1.85 bits per heavy atom. The van der Waals surface area contributed by atoms with Gasteiger partial charge in [0, 0.05) is 44.5 Å². The van der Waals surface area contributed by atoms with Crippen LogP contribution < -0.4 is 4.74 Å². The van der Waals surface area contributed by atoms with Crippen molar-refractivity contribution in [2.45, 2.75) is 44.2 Å². The lowest BCUT2D eigenvalue weighted by Crippen LogP contribution is -2.49. The highest BCUT2D eigenvalue weighted by molar-refractivity contribution is 6.42. The SMILES string of the molecule is COC(=O)C(Cc1cccnc1)N1CCC(CN2CCC(Oc3ccc(Cl)c(Cl)c3)CC2)CC1. The van der Waals surface area contributed by atoms with E-state index in [0.29, 0.717) is 22.4 Å². The van der Waals surface area contributed by atoms with E-state index in [1.165, 1.54) is 7.11 Å². The quantitative estimate of drug-likeness (QED) is 0.483. The summed E-state index contributed by atoms with van der Waals surface area (Å²) in [6.45, 7) is 5.03. The van der Waals surface area contributed by atoms with Gasteiger partial charge in [-0.15, -0.1) is 0 Å². The number of likely N-dealkylation sites (tertiary alicyclic amines) is 2. The third kappa shape index (κ3) is 6.85. The Balaban J connectivity index is 1.21. The number of pyridine rings is 1. The first-order valence-corrected chi connectivity index (χ1v) is 12.8. The molecule has 0 radical (unpaired) electrons. The zero-order valence-electron chi connectivity index (χ0n) is 19.7. The smallest absolute Gasteiger partial charge is 0.323 e. The van der Waals surface area contributed by atoms with Gasteiger partial charge in [0.25, 0.3) is 0 Å². The monoisotopic (exact) mass is 505 g/mol. The van der Waals surface area contributed by atoms with Crippen molar-refractivity contribution in [1.29, 1.82) is 0 Å². The number of hydrogen-bond donors (Lipinski definition) is 0. The number of nitrogens with zero attached hydrogens (tertiary/aromatic N) is 3. The third-order valence-electron chi connectivity index (χ3n) is 6.96. The fourth-order valence-corrected chi connectivity index (χ4v) is 5.29. The molecule has 1 aromatic heterocycles. The molecule has 2 aliphatic rings. The van der Waals surface area contributed by atoms with E-state index >= 15 is 0 Å². The van der Waals surface area contributed by atoms with Crippen LogP contribution in [0.1, 0.15) is 31.2 Å². The summed E-state index contributed by atoms with van der Waals surface area (Å²) < 4.78 is 11.2. The minimum Gasteiger partial charge on any atom is -0.490 e. The molecule has 8 heteroatoms. The summed E-state index contributed by atoms with van der Waals surface area (Å²) >= 11 is 12.1. The number of rotatable bonds is 8. The minimum atomic E-state index is -0.246. The predicted molar refractivity (Wildman–Crippen MR) is 135 cm³/mol. The van der Waals surface area contributed by atoms with Gasteiger partial charge < -0.3 is 14.4 Å². The Morgan fingerprint density at radius 1 is 1.09 bits per heavy atom. The standard InChI is InChI=1S/C26H33Cl2N3O3/c1-33-26(32)25(15-20-3-2-10-29-17-20)31-13-6-19(7-14-31)18-30-11-8-21(9-12-30)34-22-4-5-23(27)24(28)16-22/h2-5,10,16-17,19,21,25H,6-9,11-15,18H2,1H3. The van der Waals surface area contributed by atoms with Crippen molar-refractivity contribution in [2.75, 3.05) is 39.8 Å². The second kappa shape index (κ2) is 12.2. The summed E-state index contributed by atoms with van der Waals surface area (Å²) in [5.74, 6) is 1.28. The molecule has 0 spiro atoms. The van der Waals surface area contributed by atoms with E-state index in [1.807, 2.05) is 24.4 Å². The number of methoxy groups -OCH3 is 1. The molecule has 2 aromatic rings. The number of ether oxygens (including phenoxy) is 2. The number of carbonyl (C=O) groups excluding carboxylic acids is 1. The first-order valence-electron chi connectivity index (χ1n) is 12.1. The highest BCUT2D eigenvalue weighted by atomic mass is 35.5. The van der Waals surface area contributed by atoms with Gasteiger partial charge in [0.2, 0.25) is 0 Å². The molecule has 2 aliphatic heterocycles. The maximum absolute atomic E-state index is 12.5. The summed E-state index contributed by atoms with van der Waals surface area (Å²) in [5.41, 5.74) is 1.06. The van der Waals surface area contributed by atoms with Crippen LogP contribution in [0.2, 0.25) is 10.0 Å². The second-order valence-corrected chi connectivity index (χ2v) is 10.1. The predicted octanol–water partition coefficient (Wildman–Crippen LogP) is 4.73. The van der Waals surface area contributed by atoms with E-state index < -0.39 is 0 Å². The Bertz CT molecular complexity index is 930. The largest absolute Gasteiger partial charge is 0.490 e. The van der Waals surface area contributed by atoms with Gasteiger partial charge in [0.1, 0.15) is 17.9 Å². The molecule has 2 saturated heterocycles. The van der Waals surface area contributed by atoms with Crippen LogP contribution in [0.25, 0.3) is 0 Å². The lowest BCUT2D eigenvalue weighted by Gasteiger charge is -2.39. The average molecular weight is 506 g/mol. The Hall–Kier alpha value is -1.86. The number of hydrogen-bond acceptors (Lipinski definition) is 6. The van der Waals surface area contributed by atoms with Crippen LogP contribution >= 0.6 is 23.2 Å². The zero-order valence-corrected chi connectivity index (χ0v) is 21.2. The van der Waals surface area contributed by atoms with Crippen molar-refractivity contribution in [2.24, 2.45) is 5.92 Å². The molecule has 34 heavy (non-hydrogen) atoms. The third-order valence-corrected chi connectivity index (χ3v) is 7.70. The molecule has 6 nitrogen and oxygen atoms in total. The molecule has 0 N–H and O–H groups in total. The summed E-state index contributed by atoms with van der Waals surface area (Å²) in [7, 11) is 1.47. The molecular formula is C26H33Cl2N3O3. The van der Waals surface area contributed by atoms with Gasteiger partial charge >= 0.3 is 5.97 Å². The maximum Gasteiger partial charge on any atom is 0.323 e. The molecule has 0 aliphatic carbocycles. The van der Waals surface area contributed by atoms with Gasteiger partial charge in [0.05, 0.1) is 17.2 Å². The van der Waals surface area contributed by atoms with Gasteiger partial charge in [-0.2, -0.15) is 0 Å². The molecule has 0 bridgehead atoms. The van der Waals surface area contributed by atoms with Crippen LogP contribution in [-0.4, -0.2) is 72.7 Å². The minimum absolute atomic E-state index is 0.161. The fourth-order valence-electron chi connectivity index (χ4n) is 5.00. The van der Waals surface area contributed by atoms with Gasteiger partial charge in [-0.3, -0.25) is 14.7 Å². The Morgan fingerprint density at radius 3 is 2.50 bits per heavy atom. The Labute approximate surface area is 212 Å². The van der Waals surface area contributed by atoms with Gasteiger partial charge in [-0.05, 0) is 68.5 Å². The molecule has 184 valence electrons. The zero-order chi connectivity index (χ0) is 23.9. The van der Waals surface area contributed by atoms with Gasteiger partial charge in [0.15, 0.2) is 0 Å². The first-order chi connectivity index (χ1) is 16.5. The lowest BCUT2D eigenvalue weighted by atomic mass is 9.93. The van der Waals surface area contributed by atoms with E-state index in [1.54, 1.807) is 18.3 Å². The molecule has 4 rings (SSSR count). The van der Waals surface area contributed by atoms with Crippen LogP contribution in [0.5, 0.6) is 5.75 Å². The molecule has 0 saturated carbocycles. The van der Waals surface area contributed by atoms with E-state index in [-0.39, 0.29) is 18.1 Å². The van der Waals surface area contributed by atoms with Crippen LogP contribution in [0.4, 0.5) is 0 Å². The molecule has 0 amide bonds. The summed E-state index contributed by atoms with van der Waals surface area (Å²) in [6.07, 6.45) is 8.65. The molecule has 2 fully saturated rings. The lowest BCUT2D eigenvalue weighted by molar-refractivity contribution is -0.147.